The topological polar surface area (TPSA) is 103 Å². The molecule has 0 saturated heterocycles. The smallest absolute Gasteiger partial charge is 0.285 e. The largest absolute Gasteiger partial charge is 0.377 e. The van der Waals surface area contributed by atoms with Crippen molar-refractivity contribution in [3.63, 3.8) is 0 Å². The van der Waals surface area contributed by atoms with E-state index in [0.717, 1.165) is 28.5 Å². The third-order valence-corrected chi connectivity index (χ3v) is 3.39. The first kappa shape index (κ1) is 18.3. The summed E-state index contributed by atoms with van der Waals surface area (Å²) in [4.78, 5) is 33.5. The highest BCUT2D eigenvalue weighted by atomic mass is 16.6. The number of carbonyl (C=O) groups excluding carboxylic acids is 1. The summed E-state index contributed by atoms with van der Waals surface area (Å²) in [5.74, 6) is -0.384. The van der Waals surface area contributed by atoms with Crippen molar-refractivity contribution in [2.24, 2.45) is 0 Å². The van der Waals surface area contributed by atoms with Crippen LogP contribution in [-0.4, -0.2) is 28.5 Å². The van der Waals surface area contributed by atoms with Gasteiger partial charge in [-0.05, 0) is 12.0 Å². The summed E-state index contributed by atoms with van der Waals surface area (Å²) in [7, 11) is 0. The van der Waals surface area contributed by atoms with Gasteiger partial charge in [0.05, 0.1) is 17.7 Å². The van der Waals surface area contributed by atoms with E-state index < -0.39 is 10.5 Å². The second kappa shape index (κ2) is 9.33. The first-order valence-electron chi connectivity index (χ1n) is 7.79. The predicted molar refractivity (Wildman–Crippen MR) is 91.1 cm³/mol. The van der Waals surface area contributed by atoms with Crippen molar-refractivity contribution in [3.8, 4) is 0 Å². The van der Waals surface area contributed by atoms with Gasteiger partial charge in [-0.1, -0.05) is 30.3 Å². The molecule has 0 radical (unpaired) electrons. The number of benzene rings is 1. The summed E-state index contributed by atoms with van der Waals surface area (Å²) < 4.78 is 6.51. The summed E-state index contributed by atoms with van der Waals surface area (Å²) in [6.45, 7) is 1.15. The number of ether oxygens (including phenoxy) is 1. The molecular formula is C17H19N3O5. The van der Waals surface area contributed by atoms with Gasteiger partial charge in [0, 0.05) is 25.3 Å². The van der Waals surface area contributed by atoms with Crippen molar-refractivity contribution in [1.29, 1.82) is 0 Å². The van der Waals surface area contributed by atoms with E-state index in [1.807, 2.05) is 30.3 Å². The van der Waals surface area contributed by atoms with Crippen LogP contribution in [0.5, 0.6) is 0 Å². The number of rotatable bonds is 9. The standard InChI is InChI=1S/C17H19N3O5/c21-16(12-19-11-15(20(23)24)7-8-17(19)22)18-9-4-10-25-13-14-5-2-1-3-6-14/h1-3,5-8,11H,4,9-10,12-13H2,(H,18,21). The molecule has 1 amide bonds. The quantitative estimate of drug-likeness (QED) is 0.421. The second-order valence-corrected chi connectivity index (χ2v) is 5.35. The van der Waals surface area contributed by atoms with Gasteiger partial charge < -0.3 is 10.1 Å². The van der Waals surface area contributed by atoms with Crippen LogP contribution in [-0.2, 0) is 22.7 Å². The van der Waals surface area contributed by atoms with Crippen molar-refractivity contribution >= 4 is 11.6 Å². The van der Waals surface area contributed by atoms with E-state index in [-0.39, 0.29) is 18.1 Å². The van der Waals surface area contributed by atoms with Crippen LogP contribution in [0.2, 0.25) is 0 Å². The molecule has 1 aromatic heterocycles. The first-order valence-corrected chi connectivity index (χ1v) is 7.79. The number of pyridine rings is 1. The van der Waals surface area contributed by atoms with Crippen molar-refractivity contribution in [1.82, 2.24) is 9.88 Å². The average Bonchev–Trinajstić information content (AvgIpc) is 2.60. The summed E-state index contributed by atoms with van der Waals surface area (Å²) >= 11 is 0. The minimum Gasteiger partial charge on any atom is -0.377 e. The highest BCUT2D eigenvalue weighted by Crippen LogP contribution is 2.06. The molecule has 8 nitrogen and oxygen atoms in total. The van der Waals surface area contributed by atoms with Crippen LogP contribution < -0.4 is 10.9 Å². The average molecular weight is 345 g/mol. The molecule has 25 heavy (non-hydrogen) atoms. The molecule has 0 aliphatic rings. The number of nitro groups is 1. The van der Waals surface area contributed by atoms with Gasteiger partial charge in [0.2, 0.25) is 5.91 Å². The summed E-state index contributed by atoms with van der Waals surface area (Å²) in [5.41, 5.74) is 0.380. The monoisotopic (exact) mass is 345 g/mol. The fraction of sp³-hybridized carbons (Fsp3) is 0.294. The van der Waals surface area contributed by atoms with E-state index >= 15 is 0 Å². The van der Waals surface area contributed by atoms with Gasteiger partial charge in [0.25, 0.3) is 11.2 Å². The summed E-state index contributed by atoms with van der Waals surface area (Å²) in [6, 6.07) is 11.9. The van der Waals surface area contributed by atoms with Gasteiger partial charge in [0.1, 0.15) is 6.54 Å². The van der Waals surface area contributed by atoms with Crippen molar-refractivity contribution in [2.45, 2.75) is 19.6 Å². The van der Waals surface area contributed by atoms with Crippen LogP contribution >= 0.6 is 0 Å². The van der Waals surface area contributed by atoms with E-state index in [4.69, 9.17) is 4.74 Å². The van der Waals surface area contributed by atoms with Crippen LogP contribution in [0.4, 0.5) is 5.69 Å². The van der Waals surface area contributed by atoms with Crippen molar-refractivity contribution in [3.05, 3.63) is 74.7 Å². The molecule has 0 spiro atoms. The first-order chi connectivity index (χ1) is 12.1. The number of aromatic nitrogens is 1. The Hall–Kier alpha value is -3.00. The van der Waals surface area contributed by atoms with Crippen molar-refractivity contribution in [2.75, 3.05) is 13.2 Å². The Morgan fingerprint density at radius 3 is 2.68 bits per heavy atom. The summed E-state index contributed by atoms with van der Waals surface area (Å²) in [5, 5.41) is 13.4. The van der Waals surface area contributed by atoms with E-state index in [9.17, 15) is 19.7 Å². The van der Waals surface area contributed by atoms with Crippen molar-refractivity contribution < 1.29 is 14.5 Å². The zero-order valence-corrected chi connectivity index (χ0v) is 13.6. The molecule has 2 rings (SSSR count). The molecule has 0 aliphatic heterocycles. The molecule has 0 unspecified atom stereocenters. The van der Waals surface area contributed by atoms with Gasteiger partial charge in [-0.25, -0.2) is 0 Å². The van der Waals surface area contributed by atoms with E-state index in [0.29, 0.717) is 26.2 Å². The Bertz CT molecular complexity index is 773. The Labute approximate surface area is 144 Å². The maximum absolute atomic E-state index is 11.8. The van der Waals surface area contributed by atoms with Crippen LogP contribution in [0, 0.1) is 10.1 Å². The molecule has 0 saturated carbocycles. The zero-order valence-electron chi connectivity index (χ0n) is 13.6. The Balaban J connectivity index is 1.68. The SMILES string of the molecule is O=C(Cn1cc([N+](=O)[O-])ccc1=O)NCCCOCc1ccccc1. The molecule has 1 heterocycles. The predicted octanol–water partition coefficient (Wildman–Crippen LogP) is 1.48. The van der Waals surface area contributed by atoms with Gasteiger partial charge >= 0.3 is 0 Å². The molecule has 132 valence electrons. The number of hydrogen-bond donors (Lipinski definition) is 1. The number of amides is 1. The Kier molecular flexibility index (Phi) is 6.85. The van der Waals surface area contributed by atoms with Gasteiger partial charge in [-0.15, -0.1) is 0 Å². The zero-order chi connectivity index (χ0) is 18.1. The molecule has 0 aliphatic carbocycles. The summed E-state index contributed by atoms with van der Waals surface area (Å²) in [6.07, 6.45) is 1.69. The molecular weight excluding hydrogens is 326 g/mol. The highest BCUT2D eigenvalue weighted by Gasteiger charge is 2.10. The minimum atomic E-state index is -0.613. The fourth-order valence-electron chi connectivity index (χ4n) is 2.13. The molecule has 0 atom stereocenters. The third kappa shape index (κ3) is 6.19. The molecule has 0 fully saturated rings. The fourth-order valence-corrected chi connectivity index (χ4v) is 2.13. The highest BCUT2D eigenvalue weighted by molar-refractivity contribution is 5.75. The molecule has 2 aromatic rings. The van der Waals surface area contributed by atoms with E-state index in [2.05, 4.69) is 5.32 Å². The van der Waals surface area contributed by atoms with E-state index in [1.165, 1.54) is 0 Å². The van der Waals surface area contributed by atoms with E-state index in [1.54, 1.807) is 0 Å². The number of nitrogens with one attached hydrogen (secondary N) is 1. The van der Waals surface area contributed by atoms with Crippen LogP contribution in [0.25, 0.3) is 0 Å². The number of hydrogen-bond acceptors (Lipinski definition) is 5. The number of carbonyl (C=O) groups is 1. The lowest BCUT2D eigenvalue weighted by molar-refractivity contribution is -0.385. The normalized spacial score (nSPS) is 10.4. The van der Waals surface area contributed by atoms with Gasteiger partial charge in [-0.2, -0.15) is 0 Å². The minimum absolute atomic E-state index is 0.235. The van der Waals surface area contributed by atoms with Crippen LogP contribution in [0.1, 0.15) is 12.0 Å². The van der Waals surface area contributed by atoms with Gasteiger partial charge in [-0.3, -0.25) is 24.3 Å². The van der Waals surface area contributed by atoms with Crippen LogP contribution in [0.15, 0.2) is 53.5 Å². The molecule has 1 N–H and O–H groups in total. The maximum atomic E-state index is 11.8. The molecule has 8 heteroatoms. The third-order valence-electron chi connectivity index (χ3n) is 3.39. The lowest BCUT2D eigenvalue weighted by Crippen LogP contribution is -2.32. The van der Waals surface area contributed by atoms with Crippen LogP contribution in [0.3, 0.4) is 0 Å². The maximum Gasteiger partial charge on any atom is 0.285 e. The Morgan fingerprint density at radius 2 is 1.96 bits per heavy atom. The Morgan fingerprint density at radius 1 is 1.20 bits per heavy atom. The van der Waals surface area contributed by atoms with Gasteiger partial charge in [0.15, 0.2) is 0 Å². The lowest BCUT2D eigenvalue weighted by atomic mass is 10.2. The molecule has 1 aromatic carbocycles. The number of nitrogens with zero attached hydrogens (tertiary/aromatic N) is 2. The molecule has 0 bridgehead atoms. The lowest BCUT2D eigenvalue weighted by Gasteiger charge is -2.08. The second-order valence-electron chi connectivity index (χ2n) is 5.35.